The van der Waals surface area contributed by atoms with Gasteiger partial charge < -0.3 is 9.30 Å². The summed E-state index contributed by atoms with van der Waals surface area (Å²) in [4.78, 5) is 4.55. The van der Waals surface area contributed by atoms with Crippen LogP contribution in [-0.4, -0.2) is 26.0 Å². The van der Waals surface area contributed by atoms with Crippen LogP contribution in [0, 0.1) is 0 Å². The highest BCUT2D eigenvalue weighted by Crippen LogP contribution is 2.24. The lowest BCUT2D eigenvalue weighted by atomic mass is 10.2. The molecule has 5 rings (SSSR count). The Morgan fingerprint density at radius 3 is 2.55 bits per heavy atom. The van der Waals surface area contributed by atoms with Crippen molar-refractivity contribution in [2.75, 3.05) is 5.43 Å². The molecule has 0 bridgehead atoms. The lowest BCUT2D eigenvalue weighted by Gasteiger charge is -2.06. The van der Waals surface area contributed by atoms with E-state index in [4.69, 9.17) is 4.74 Å². The van der Waals surface area contributed by atoms with Gasteiger partial charge in [-0.05, 0) is 41.5 Å². The first-order valence-electron chi connectivity index (χ1n) is 9.92. The summed E-state index contributed by atoms with van der Waals surface area (Å²) in [6.45, 7) is 0.539. The van der Waals surface area contributed by atoms with Gasteiger partial charge in [0.2, 0.25) is 0 Å². The molecule has 0 amide bonds. The molecule has 7 nitrogen and oxygen atoms in total. The van der Waals surface area contributed by atoms with Crippen molar-refractivity contribution in [2.24, 2.45) is 12.1 Å². The number of hydrogen-bond acceptors (Lipinski definition) is 6. The van der Waals surface area contributed by atoms with Crippen LogP contribution in [0.2, 0.25) is 0 Å². The van der Waals surface area contributed by atoms with Crippen LogP contribution in [0.15, 0.2) is 84.0 Å². The smallest absolute Gasteiger partial charge is 0.265 e. The van der Waals surface area contributed by atoms with E-state index >= 15 is 0 Å². The zero-order valence-electron chi connectivity index (χ0n) is 16.9. The number of fused-ring (bicyclic) bond motifs is 3. The number of nitrogens with one attached hydrogen (secondary N) is 1. The average Bonchev–Trinajstić information content (AvgIpc) is 3.11. The molecule has 0 saturated carbocycles. The summed E-state index contributed by atoms with van der Waals surface area (Å²) in [6.07, 6.45) is 1.70. The molecule has 31 heavy (non-hydrogen) atoms. The number of benzene rings is 3. The van der Waals surface area contributed by atoms with Gasteiger partial charge in [-0.3, -0.25) is 0 Å². The van der Waals surface area contributed by atoms with E-state index in [9.17, 15) is 0 Å². The monoisotopic (exact) mass is 408 g/mol. The standard InChI is InChI=1S/C24H20N6O/c1-30-21-10-6-5-9-20(21)22-23(30)26-24(29-27-22)28-25-15-17-11-13-19(14-12-17)31-16-18-7-3-2-4-8-18/h2-15H,16H2,1H3,(H,26,28,29)/b25-15+. The minimum atomic E-state index is 0.345. The van der Waals surface area contributed by atoms with Gasteiger partial charge in [0.15, 0.2) is 5.65 Å². The van der Waals surface area contributed by atoms with Crippen molar-refractivity contribution in [1.29, 1.82) is 0 Å². The first kappa shape index (κ1) is 18.7. The van der Waals surface area contributed by atoms with E-state index in [-0.39, 0.29) is 0 Å². The molecule has 3 aromatic carbocycles. The molecule has 0 aliphatic carbocycles. The highest BCUT2D eigenvalue weighted by Gasteiger charge is 2.11. The molecule has 2 heterocycles. The van der Waals surface area contributed by atoms with Crippen LogP contribution in [0.1, 0.15) is 11.1 Å². The fraction of sp³-hybridized carbons (Fsp3) is 0.0833. The fourth-order valence-corrected chi connectivity index (χ4v) is 3.41. The molecule has 0 saturated heterocycles. The lowest BCUT2D eigenvalue weighted by Crippen LogP contribution is -2.00. The molecule has 0 radical (unpaired) electrons. The van der Waals surface area contributed by atoms with Crippen LogP contribution in [0.5, 0.6) is 5.75 Å². The van der Waals surface area contributed by atoms with Crippen molar-refractivity contribution in [1.82, 2.24) is 19.7 Å². The van der Waals surface area contributed by atoms with Crippen LogP contribution < -0.4 is 10.2 Å². The van der Waals surface area contributed by atoms with Crippen molar-refractivity contribution >= 4 is 34.2 Å². The molecule has 0 aliphatic heterocycles. The maximum atomic E-state index is 5.81. The second-order valence-electron chi connectivity index (χ2n) is 7.10. The maximum absolute atomic E-state index is 5.81. The average molecular weight is 408 g/mol. The molecule has 7 heteroatoms. The Hall–Kier alpha value is -4.26. The minimum Gasteiger partial charge on any atom is -0.489 e. The Kier molecular flexibility index (Phi) is 4.98. The van der Waals surface area contributed by atoms with E-state index in [2.05, 4.69) is 25.7 Å². The molecule has 1 N–H and O–H groups in total. The van der Waals surface area contributed by atoms with Gasteiger partial charge in [-0.15, -0.1) is 10.2 Å². The van der Waals surface area contributed by atoms with Crippen LogP contribution in [0.3, 0.4) is 0 Å². The predicted molar refractivity (Wildman–Crippen MR) is 122 cm³/mol. The number of aryl methyl sites for hydroxylation is 1. The van der Waals surface area contributed by atoms with Gasteiger partial charge in [0, 0.05) is 12.4 Å². The van der Waals surface area contributed by atoms with Crippen molar-refractivity contribution < 1.29 is 4.74 Å². The van der Waals surface area contributed by atoms with Crippen LogP contribution in [-0.2, 0) is 13.7 Å². The molecular weight excluding hydrogens is 388 g/mol. The third-order valence-electron chi connectivity index (χ3n) is 5.01. The molecule has 2 aromatic heterocycles. The van der Waals surface area contributed by atoms with E-state index in [1.165, 1.54) is 0 Å². The van der Waals surface area contributed by atoms with Crippen molar-refractivity contribution in [3.05, 3.63) is 90.0 Å². The van der Waals surface area contributed by atoms with Crippen molar-refractivity contribution in [3.8, 4) is 5.75 Å². The Morgan fingerprint density at radius 1 is 0.935 bits per heavy atom. The number of nitrogens with zero attached hydrogens (tertiary/aromatic N) is 5. The van der Waals surface area contributed by atoms with E-state index in [1.54, 1.807) is 6.21 Å². The molecule has 0 atom stereocenters. The third-order valence-corrected chi connectivity index (χ3v) is 5.01. The van der Waals surface area contributed by atoms with Gasteiger partial charge in [0.1, 0.15) is 17.9 Å². The van der Waals surface area contributed by atoms with Crippen LogP contribution >= 0.6 is 0 Å². The van der Waals surface area contributed by atoms with Gasteiger partial charge in [0.25, 0.3) is 5.95 Å². The van der Waals surface area contributed by atoms with Gasteiger partial charge in [0.05, 0.1) is 11.7 Å². The topological polar surface area (TPSA) is 77.2 Å². The second-order valence-corrected chi connectivity index (χ2v) is 7.10. The number of hydrogen-bond donors (Lipinski definition) is 1. The molecule has 0 spiro atoms. The van der Waals surface area contributed by atoms with Gasteiger partial charge in [-0.25, -0.2) is 5.43 Å². The lowest BCUT2D eigenvalue weighted by molar-refractivity contribution is 0.306. The first-order chi connectivity index (χ1) is 15.3. The molecule has 0 fully saturated rings. The maximum Gasteiger partial charge on any atom is 0.265 e. The SMILES string of the molecule is Cn1c2ccccc2c2nnc(N/N=C/c3ccc(OCc4ccccc4)cc3)nc21. The second kappa shape index (κ2) is 8.23. The Balaban J connectivity index is 1.25. The molecule has 5 aromatic rings. The highest BCUT2D eigenvalue weighted by molar-refractivity contribution is 6.04. The fourth-order valence-electron chi connectivity index (χ4n) is 3.41. The number of hydrazone groups is 1. The number of rotatable bonds is 6. The molecule has 0 aliphatic rings. The summed E-state index contributed by atoms with van der Waals surface area (Å²) in [5.74, 6) is 1.15. The van der Waals surface area contributed by atoms with E-state index in [0.717, 1.165) is 38.9 Å². The Labute approximate surface area is 179 Å². The number of anilines is 1. The third kappa shape index (κ3) is 3.93. The van der Waals surface area contributed by atoms with E-state index < -0.39 is 0 Å². The van der Waals surface area contributed by atoms with Crippen molar-refractivity contribution in [2.45, 2.75) is 6.61 Å². The number of ether oxygens (including phenoxy) is 1. The van der Waals surface area contributed by atoms with Gasteiger partial charge in [-0.2, -0.15) is 10.1 Å². The Bertz CT molecular complexity index is 1360. The number of para-hydroxylation sites is 1. The molecule has 152 valence electrons. The summed E-state index contributed by atoms with van der Waals surface area (Å²) < 4.78 is 7.81. The van der Waals surface area contributed by atoms with Crippen molar-refractivity contribution in [3.63, 3.8) is 0 Å². The summed E-state index contributed by atoms with van der Waals surface area (Å²) >= 11 is 0. The Morgan fingerprint density at radius 2 is 1.71 bits per heavy atom. The predicted octanol–water partition coefficient (Wildman–Crippen LogP) is 4.54. The number of aromatic nitrogens is 4. The normalized spacial score (nSPS) is 11.4. The summed E-state index contributed by atoms with van der Waals surface area (Å²) in [5, 5.41) is 13.7. The quantitative estimate of drug-likeness (QED) is 0.330. The zero-order chi connectivity index (χ0) is 21.0. The van der Waals surface area contributed by atoms with Crippen LogP contribution in [0.4, 0.5) is 5.95 Å². The molecule has 0 unspecified atom stereocenters. The molecular formula is C24H20N6O. The van der Waals surface area contributed by atoms with Gasteiger partial charge >= 0.3 is 0 Å². The largest absolute Gasteiger partial charge is 0.489 e. The van der Waals surface area contributed by atoms with E-state index in [1.807, 2.05) is 90.5 Å². The summed E-state index contributed by atoms with van der Waals surface area (Å²) in [7, 11) is 1.97. The van der Waals surface area contributed by atoms with E-state index in [0.29, 0.717) is 12.6 Å². The highest BCUT2D eigenvalue weighted by atomic mass is 16.5. The first-order valence-corrected chi connectivity index (χ1v) is 9.92. The minimum absolute atomic E-state index is 0.345. The van der Waals surface area contributed by atoms with Gasteiger partial charge in [-0.1, -0.05) is 48.5 Å². The summed E-state index contributed by atoms with van der Waals surface area (Å²) in [6, 6.07) is 25.8. The summed E-state index contributed by atoms with van der Waals surface area (Å²) in [5.41, 5.74) is 7.52. The van der Waals surface area contributed by atoms with Crippen LogP contribution in [0.25, 0.3) is 22.1 Å². The zero-order valence-corrected chi connectivity index (χ0v) is 16.9.